The Bertz CT molecular complexity index is 1200. The number of piperidine rings is 1. The van der Waals surface area contributed by atoms with E-state index in [-0.39, 0.29) is 11.9 Å². The molecule has 0 spiro atoms. The summed E-state index contributed by atoms with van der Waals surface area (Å²) in [6.45, 7) is 3.12. The predicted molar refractivity (Wildman–Crippen MR) is 127 cm³/mol. The Balaban J connectivity index is 1.37. The topological polar surface area (TPSA) is 183 Å². The van der Waals surface area contributed by atoms with Gasteiger partial charge in [-0.25, -0.2) is 9.97 Å². The van der Waals surface area contributed by atoms with Crippen LogP contribution in [0.5, 0.6) is 0 Å². The third-order valence-corrected chi connectivity index (χ3v) is 6.78. The van der Waals surface area contributed by atoms with Crippen molar-refractivity contribution in [3.8, 4) is 11.3 Å². The van der Waals surface area contributed by atoms with Crippen molar-refractivity contribution in [3.05, 3.63) is 24.8 Å². The molecule has 13 heteroatoms. The number of aliphatic hydroxyl groups is 2. The van der Waals surface area contributed by atoms with Crippen molar-refractivity contribution in [2.45, 2.75) is 43.4 Å². The summed E-state index contributed by atoms with van der Waals surface area (Å²) in [5.74, 6) is -0.204. The number of nitrogens with zero attached hydrogens (tertiary/aromatic N) is 6. The largest absolute Gasteiger partial charge is 0.387 e. The fourth-order valence-corrected chi connectivity index (χ4v) is 4.93. The molecule has 5 rings (SSSR count). The molecular weight excluding hydrogens is 454 g/mol. The Morgan fingerprint density at radius 1 is 1.26 bits per heavy atom. The number of carbonyl (C=O) groups excluding carboxylic acids is 1. The molecule has 4 atom stereocenters. The molecule has 0 aliphatic carbocycles. The Kier molecular flexibility index (Phi) is 6.42. The Hall–Kier alpha value is -3.10. The van der Waals surface area contributed by atoms with Gasteiger partial charge in [-0.1, -0.05) is 0 Å². The summed E-state index contributed by atoms with van der Waals surface area (Å²) in [7, 11) is 1.80. The number of fused-ring (bicyclic) bond motifs is 1. The minimum Gasteiger partial charge on any atom is -0.387 e. The number of aromatic nitrogens is 5. The second-order valence-electron chi connectivity index (χ2n) is 9.12. The summed E-state index contributed by atoms with van der Waals surface area (Å²) in [6, 6.07) is 1.79. The first-order valence-electron chi connectivity index (χ1n) is 11.7. The van der Waals surface area contributed by atoms with Crippen molar-refractivity contribution in [1.29, 1.82) is 0 Å². The number of hydrogen-bond donors (Lipinski definition) is 5. The van der Waals surface area contributed by atoms with E-state index >= 15 is 0 Å². The molecule has 0 saturated carbocycles. The first kappa shape index (κ1) is 23.6. The van der Waals surface area contributed by atoms with Gasteiger partial charge in [0.25, 0.3) is 5.91 Å². The van der Waals surface area contributed by atoms with Crippen molar-refractivity contribution >= 4 is 22.8 Å². The smallest absolute Gasteiger partial charge is 0.252 e. The van der Waals surface area contributed by atoms with E-state index < -0.39 is 30.4 Å². The lowest BCUT2D eigenvalue weighted by Crippen LogP contribution is -2.50. The normalized spacial score (nSPS) is 25.9. The molecule has 7 N–H and O–H groups in total. The molecular formula is C22H31N9O4. The van der Waals surface area contributed by atoms with Crippen LogP contribution < -0.4 is 16.8 Å². The van der Waals surface area contributed by atoms with Gasteiger partial charge < -0.3 is 41.2 Å². The minimum absolute atomic E-state index is 0.0285. The van der Waals surface area contributed by atoms with E-state index in [4.69, 9.17) is 16.2 Å². The summed E-state index contributed by atoms with van der Waals surface area (Å²) >= 11 is 0. The van der Waals surface area contributed by atoms with Crippen LogP contribution in [0.1, 0.15) is 19.1 Å². The highest BCUT2D eigenvalue weighted by atomic mass is 16.6. The number of nitrogens with two attached hydrogens (primary N) is 2. The van der Waals surface area contributed by atoms with E-state index in [1.54, 1.807) is 28.7 Å². The third-order valence-electron chi connectivity index (χ3n) is 6.78. The molecule has 0 unspecified atom stereocenters. The van der Waals surface area contributed by atoms with E-state index in [1.165, 1.54) is 6.33 Å². The van der Waals surface area contributed by atoms with Gasteiger partial charge in [-0.05, 0) is 18.9 Å². The van der Waals surface area contributed by atoms with Crippen LogP contribution in [0.2, 0.25) is 0 Å². The average molecular weight is 486 g/mol. The van der Waals surface area contributed by atoms with E-state index in [2.05, 4.69) is 25.3 Å². The fourth-order valence-electron chi connectivity index (χ4n) is 4.93. The summed E-state index contributed by atoms with van der Waals surface area (Å²) in [5, 5.41) is 29.5. The molecule has 2 aliphatic heterocycles. The Labute approximate surface area is 201 Å². The number of rotatable bonds is 6. The predicted octanol–water partition coefficient (Wildman–Crippen LogP) is -1.43. The Morgan fingerprint density at radius 3 is 2.71 bits per heavy atom. The number of likely N-dealkylation sites (tertiary alicyclic amines) is 1. The van der Waals surface area contributed by atoms with E-state index in [0.29, 0.717) is 28.8 Å². The van der Waals surface area contributed by atoms with Crippen LogP contribution >= 0.6 is 0 Å². The zero-order valence-corrected chi connectivity index (χ0v) is 19.5. The van der Waals surface area contributed by atoms with Gasteiger partial charge in [0.15, 0.2) is 12.3 Å². The number of anilines is 1. The zero-order chi connectivity index (χ0) is 24.7. The molecule has 3 aromatic rings. The lowest BCUT2D eigenvalue weighted by Gasteiger charge is -2.32. The van der Waals surface area contributed by atoms with Crippen molar-refractivity contribution in [2.75, 3.05) is 31.9 Å². The molecule has 0 aromatic carbocycles. The SMILES string of the molecule is Cn1ccc(-c2cn([C@@H]3O[C@H](C(=O)NC4CCN(CCN)CC4)[C@@H](O)[C@H]3O)c3ncnc(N)c23)n1. The van der Waals surface area contributed by atoms with Gasteiger partial charge in [-0.2, -0.15) is 5.10 Å². The maximum Gasteiger partial charge on any atom is 0.252 e. The first-order chi connectivity index (χ1) is 16.9. The second kappa shape index (κ2) is 9.51. The summed E-state index contributed by atoms with van der Waals surface area (Å²) in [5.41, 5.74) is 13.5. The lowest BCUT2D eigenvalue weighted by atomic mass is 10.0. The van der Waals surface area contributed by atoms with Crippen LogP contribution in [0.4, 0.5) is 5.82 Å². The lowest BCUT2D eigenvalue weighted by molar-refractivity contribution is -0.138. The number of aliphatic hydroxyl groups excluding tert-OH is 2. The van der Waals surface area contributed by atoms with Gasteiger partial charge in [0.2, 0.25) is 0 Å². The van der Waals surface area contributed by atoms with Gasteiger partial charge in [-0.3, -0.25) is 9.48 Å². The second-order valence-corrected chi connectivity index (χ2v) is 9.12. The maximum absolute atomic E-state index is 13.0. The highest BCUT2D eigenvalue weighted by Crippen LogP contribution is 2.38. The number of nitrogens with one attached hydrogen (secondary N) is 1. The maximum atomic E-state index is 13.0. The highest BCUT2D eigenvalue weighted by Gasteiger charge is 2.48. The zero-order valence-electron chi connectivity index (χ0n) is 19.5. The van der Waals surface area contributed by atoms with Gasteiger partial charge >= 0.3 is 0 Å². The third kappa shape index (κ3) is 4.36. The van der Waals surface area contributed by atoms with Gasteiger partial charge in [0.05, 0.1) is 11.1 Å². The summed E-state index contributed by atoms with van der Waals surface area (Å²) < 4.78 is 9.16. The minimum atomic E-state index is -1.41. The van der Waals surface area contributed by atoms with Crippen molar-refractivity contribution < 1.29 is 19.7 Å². The van der Waals surface area contributed by atoms with E-state index in [9.17, 15) is 15.0 Å². The molecule has 0 radical (unpaired) electrons. The van der Waals surface area contributed by atoms with Crippen LogP contribution in [-0.2, 0) is 16.6 Å². The Morgan fingerprint density at radius 2 is 2.03 bits per heavy atom. The van der Waals surface area contributed by atoms with Gasteiger partial charge in [0, 0.05) is 57.2 Å². The number of ether oxygens (including phenoxy) is 1. The molecule has 2 saturated heterocycles. The van der Waals surface area contributed by atoms with E-state index in [0.717, 1.165) is 32.5 Å². The van der Waals surface area contributed by atoms with Crippen molar-refractivity contribution in [2.24, 2.45) is 12.8 Å². The quantitative estimate of drug-likeness (QED) is 0.277. The van der Waals surface area contributed by atoms with Crippen LogP contribution in [0.3, 0.4) is 0 Å². The molecule has 5 heterocycles. The van der Waals surface area contributed by atoms with Crippen LogP contribution in [0.15, 0.2) is 24.8 Å². The van der Waals surface area contributed by atoms with Gasteiger partial charge in [-0.15, -0.1) is 0 Å². The molecule has 2 fully saturated rings. The number of aryl methyl sites for hydroxylation is 1. The first-order valence-corrected chi connectivity index (χ1v) is 11.7. The van der Waals surface area contributed by atoms with Crippen LogP contribution in [0.25, 0.3) is 22.3 Å². The monoisotopic (exact) mass is 485 g/mol. The average Bonchev–Trinajstić information content (AvgIpc) is 3.52. The molecule has 2 aliphatic rings. The number of amides is 1. The molecule has 0 bridgehead atoms. The summed E-state index contributed by atoms with van der Waals surface area (Å²) in [4.78, 5) is 23.7. The van der Waals surface area contributed by atoms with Crippen molar-refractivity contribution in [3.63, 3.8) is 0 Å². The highest BCUT2D eigenvalue weighted by molar-refractivity contribution is 5.99. The molecule has 13 nitrogen and oxygen atoms in total. The number of nitrogen functional groups attached to an aromatic ring is 1. The number of hydrogen-bond acceptors (Lipinski definition) is 10. The van der Waals surface area contributed by atoms with Gasteiger partial charge in [0.1, 0.15) is 30.0 Å². The number of carbonyl (C=O) groups is 1. The summed E-state index contributed by atoms with van der Waals surface area (Å²) in [6.07, 6.45) is 1.32. The molecule has 1 amide bonds. The van der Waals surface area contributed by atoms with Crippen LogP contribution in [0, 0.1) is 0 Å². The van der Waals surface area contributed by atoms with Crippen molar-refractivity contribution in [1.82, 2.24) is 34.5 Å². The molecule has 188 valence electrons. The molecule has 35 heavy (non-hydrogen) atoms. The fraction of sp³-hybridized carbons (Fsp3) is 0.545. The van der Waals surface area contributed by atoms with Crippen LogP contribution in [-0.4, -0.2) is 95.9 Å². The van der Waals surface area contributed by atoms with E-state index in [1.807, 2.05) is 6.07 Å². The molecule has 3 aromatic heterocycles. The standard InChI is InChI=1S/C22H31N9O4/c1-29-6-4-14(28-29)13-10-31(20-15(13)19(24)25-11-26-20)22-17(33)16(32)18(35-22)21(34)27-12-2-7-30(8-3-12)9-5-23/h4,6,10-12,16-18,22,32-33H,2-3,5,7-9,23H2,1H3,(H,27,34)(H2,24,25,26)/t16-,17+,18-,22+/m0/s1.